The Labute approximate surface area is 161 Å². The molecule has 3 rings (SSSR count). The molecule has 0 aliphatic carbocycles. The summed E-state index contributed by atoms with van der Waals surface area (Å²) in [6, 6.07) is 13.6. The zero-order chi connectivity index (χ0) is 19.1. The Morgan fingerprint density at radius 2 is 2.00 bits per heavy atom. The average molecular weight is 380 g/mol. The second-order valence-electron chi connectivity index (χ2n) is 5.68. The smallest absolute Gasteiger partial charge is 0.250 e. The van der Waals surface area contributed by atoms with Crippen molar-refractivity contribution in [1.29, 1.82) is 0 Å². The Morgan fingerprint density at radius 1 is 1.19 bits per heavy atom. The third-order valence-electron chi connectivity index (χ3n) is 3.83. The summed E-state index contributed by atoms with van der Waals surface area (Å²) in [5.74, 6) is 0.804. The number of hydrogen-bond acceptors (Lipinski definition) is 6. The third kappa shape index (κ3) is 4.79. The highest BCUT2D eigenvalue weighted by molar-refractivity contribution is 7.99. The predicted molar refractivity (Wildman–Crippen MR) is 106 cm³/mol. The maximum absolute atomic E-state index is 12.1. The number of benzene rings is 1. The molecular weight excluding hydrogens is 360 g/mol. The molecule has 138 valence electrons. The van der Waals surface area contributed by atoms with Crippen LogP contribution in [0.5, 0.6) is 0 Å². The second-order valence-corrected chi connectivity index (χ2v) is 6.62. The fourth-order valence-corrected chi connectivity index (χ4v) is 3.23. The zero-order valence-electron chi connectivity index (χ0n) is 15.2. The van der Waals surface area contributed by atoms with Crippen LogP contribution in [-0.2, 0) is 11.3 Å². The van der Waals surface area contributed by atoms with Gasteiger partial charge in [0.15, 0.2) is 11.0 Å². The summed E-state index contributed by atoms with van der Waals surface area (Å²) in [4.78, 5) is 16.2. The van der Waals surface area contributed by atoms with Gasteiger partial charge in [0.1, 0.15) is 0 Å². The topological polar surface area (TPSA) is 85.1 Å². The van der Waals surface area contributed by atoms with E-state index in [4.69, 9.17) is 0 Å². The van der Waals surface area contributed by atoms with Gasteiger partial charge in [0, 0.05) is 30.1 Å². The molecule has 1 N–H and O–H groups in total. The van der Waals surface area contributed by atoms with Crippen molar-refractivity contribution in [2.45, 2.75) is 25.5 Å². The number of rotatable bonds is 7. The molecule has 2 aromatic heterocycles. The van der Waals surface area contributed by atoms with Crippen molar-refractivity contribution in [2.75, 3.05) is 5.75 Å². The normalized spacial score (nSPS) is 11.4. The maximum Gasteiger partial charge on any atom is 0.250 e. The van der Waals surface area contributed by atoms with E-state index < -0.39 is 0 Å². The van der Waals surface area contributed by atoms with Gasteiger partial charge in [0.2, 0.25) is 0 Å². The number of aromatic nitrogens is 4. The van der Waals surface area contributed by atoms with E-state index in [1.165, 1.54) is 11.8 Å². The lowest BCUT2D eigenvalue weighted by atomic mass is 10.2. The molecule has 0 saturated heterocycles. The first kappa shape index (κ1) is 18.8. The highest BCUT2D eigenvalue weighted by Crippen LogP contribution is 2.23. The summed E-state index contributed by atoms with van der Waals surface area (Å²) in [5.41, 5.74) is 5.13. The van der Waals surface area contributed by atoms with Crippen LogP contribution in [0.25, 0.3) is 11.4 Å². The van der Waals surface area contributed by atoms with Crippen LogP contribution in [0.4, 0.5) is 0 Å². The average Bonchev–Trinajstić information content (AvgIpc) is 3.14. The van der Waals surface area contributed by atoms with Gasteiger partial charge >= 0.3 is 0 Å². The summed E-state index contributed by atoms with van der Waals surface area (Å²) >= 11 is 1.34. The number of hydrogen-bond donors (Lipinski definition) is 1. The quantitative estimate of drug-likeness (QED) is 0.387. The van der Waals surface area contributed by atoms with Gasteiger partial charge in [-0.05, 0) is 19.9 Å². The molecule has 0 aliphatic heterocycles. The van der Waals surface area contributed by atoms with Gasteiger partial charge in [0.05, 0.1) is 11.5 Å². The number of hydrazone groups is 1. The Bertz CT molecular complexity index is 924. The molecule has 0 radical (unpaired) electrons. The Hall–Kier alpha value is -3.00. The Morgan fingerprint density at radius 3 is 2.70 bits per heavy atom. The van der Waals surface area contributed by atoms with E-state index >= 15 is 0 Å². The first-order valence-electron chi connectivity index (χ1n) is 8.54. The van der Waals surface area contributed by atoms with Crippen LogP contribution < -0.4 is 5.43 Å². The summed E-state index contributed by atoms with van der Waals surface area (Å²) in [6.45, 7) is 4.57. The summed E-state index contributed by atoms with van der Waals surface area (Å²) in [7, 11) is 0. The molecule has 1 aromatic carbocycles. The SMILES string of the molecule is CCn1c(SCC(=O)NN=C(C)c2cccnc2)nnc1-c1ccccc1. The second kappa shape index (κ2) is 9.09. The van der Waals surface area contributed by atoms with Crippen LogP contribution in [0.2, 0.25) is 0 Å². The summed E-state index contributed by atoms with van der Waals surface area (Å²) in [5, 5.41) is 13.3. The van der Waals surface area contributed by atoms with E-state index in [-0.39, 0.29) is 11.7 Å². The first-order valence-corrected chi connectivity index (χ1v) is 9.52. The molecule has 8 heteroatoms. The van der Waals surface area contributed by atoms with Gasteiger partial charge in [-0.3, -0.25) is 9.78 Å². The van der Waals surface area contributed by atoms with Gasteiger partial charge in [-0.2, -0.15) is 5.10 Å². The molecule has 3 aromatic rings. The van der Waals surface area contributed by atoms with Crippen LogP contribution in [0.1, 0.15) is 19.4 Å². The Kier molecular flexibility index (Phi) is 6.32. The largest absolute Gasteiger partial charge is 0.302 e. The molecule has 27 heavy (non-hydrogen) atoms. The fraction of sp³-hybridized carbons (Fsp3) is 0.211. The van der Waals surface area contributed by atoms with Gasteiger partial charge in [0.25, 0.3) is 5.91 Å². The lowest BCUT2D eigenvalue weighted by Gasteiger charge is -2.07. The van der Waals surface area contributed by atoms with Crippen LogP contribution in [0.15, 0.2) is 65.1 Å². The minimum atomic E-state index is -0.199. The van der Waals surface area contributed by atoms with Crippen molar-refractivity contribution in [3.05, 3.63) is 60.4 Å². The van der Waals surface area contributed by atoms with Crippen molar-refractivity contribution < 1.29 is 4.79 Å². The molecular formula is C19H20N6OS. The number of carbonyl (C=O) groups is 1. The van der Waals surface area contributed by atoms with Crippen molar-refractivity contribution >= 4 is 23.4 Å². The lowest BCUT2D eigenvalue weighted by Crippen LogP contribution is -2.21. The maximum atomic E-state index is 12.1. The highest BCUT2D eigenvalue weighted by atomic mass is 32.2. The van der Waals surface area contributed by atoms with Crippen LogP contribution in [0.3, 0.4) is 0 Å². The van der Waals surface area contributed by atoms with E-state index in [9.17, 15) is 4.79 Å². The molecule has 0 saturated carbocycles. The summed E-state index contributed by atoms with van der Waals surface area (Å²) in [6.07, 6.45) is 3.40. The lowest BCUT2D eigenvalue weighted by molar-refractivity contribution is -0.118. The number of amides is 1. The number of pyridine rings is 1. The number of nitrogens with one attached hydrogen (secondary N) is 1. The summed E-state index contributed by atoms with van der Waals surface area (Å²) < 4.78 is 2.00. The number of carbonyl (C=O) groups excluding carboxylic acids is 1. The number of thioether (sulfide) groups is 1. The van der Waals surface area contributed by atoms with Crippen molar-refractivity contribution in [1.82, 2.24) is 25.2 Å². The Balaban J connectivity index is 1.62. The van der Waals surface area contributed by atoms with E-state index in [2.05, 4.69) is 25.7 Å². The van der Waals surface area contributed by atoms with E-state index in [1.54, 1.807) is 12.4 Å². The fourth-order valence-electron chi connectivity index (χ4n) is 2.43. The van der Waals surface area contributed by atoms with E-state index in [1.807, 2.05) is 60.9 Å². The molecule has 0 bridgehead atoms. The van der Waals surface area contributed by atoms with Gasteiger partial charge in [-0.15, -0.1) is 10.2 Å². The first-order chi connectivity index (χ1) is 13.2. The third-order valence-corrected chi connectivity index (χ3v) is 4.79. The van der Waals surface area contributed by atoms with E-state index in [0.29, 0.717) is 10.9 Å². The molecule has 2 heterocycles. The number of nitrogens with zero attached hydrogens (tertiary/aromatic N) is 5. The molecule has 0 fully saturated rings. The molecule has 7 nitrogen and oxygen atoms in total. The van der Waals surface area contributed by atoms with Crippen molar-refractivity contribution in [3.8, 4) is 11.4 Å². The van der Waals surface area contributed by atoms with Crippen molar-refractivity contribution in [3.63, 3.8) is 0 Å². The highest BCUT2D eigenvalue weighted by Gasteiger charge is 2.14. The standard InChI is InChI=1S/C19H20N6OS/c1-3-25-18(15-8-5-4-6-9-15)23-24-19(25)27-13-17(26)22-21-14(2)16-10-7-11-20-12-16/h4-12H,3,13H2,1-2H3,(H,22,26). The van der Waals surface area contributed by atoms with Gasteiger partial charge in [-0.1, -0.05) is 48.2 Å². The van der Waals surface area contributed by atoms with Gasteiger partial charge in [-0.25, -0.2) is 5.43 Å². The minimum Gasteiger partial charge on any atom is -0.302 e. The molecule has 0 unspecified atom stereocenters. The van der Waals surface area contributed by atoms with Crippen molar-refractivity contribution in [2.24, 2.45) is 5.10 Å². The zero-order valence-corrected chi connectivity index (χ0v) is 16.0. The molecule has 0 atom stereocenters. The van der Waals surface area contributed by atoms with Crippen LogP contribution >= 0.6 is 11.8 Å². The molecule has 0 aliphatic rings. The van der Waals surface area contributed by atoms with Crippen LogP contribution in [-0.4, -0.2) is 37.1 Å². The molecule has 1 amide bonds. The van der Waals surface area contributed by atoms with Crippen LogP contribution in [0, 0.1) is 0 Å². The molecule has 0 spiro atoms. The van der Waals surface area contributed by atoms with E-state index in [0.717, 1.165) is 23.5 Å². The monoisotopic (exact) mass is 380 g/mol. The van der Waals surface area contributed by atoms with Gasteiger partial charge < -0.3 is 4.57 Å². The predicted octanol–water partition coefficient (Wildman–Crippen LogP) is 2.99. The minimum absolute atomic E-state index is 0.199.